The van der Waals surface area contributed by atoms with Crippen molar-refractivity contribution in [3.8, 4) is 11.5 Å². The van der Waals surface area contributed by atoms with Crippen LogP contribution < -0.4 is 16.0 Å². The second-order valence-electron chi connectivity index (χ2n) is 9.47. The number of oxazole rings is 1. The monoisotopic (exact) mass is 508 g/mol. The lowest BCUT2D eigenvalue weighted by Gasteiger charge is -2.33. The number of nitrogens with two attached hydrogens (primary N) is 1. The van der Waals surface area contributed by atoms with Crippen molar-refractivity contribution in [2.75, 3.05) is 30.3 Å². The molecule has 1 aliphatic heterocycles. The number of alkyl halides is 3. The van der Waals surface area contributed by atoms with Gasteiger partial charge in [0.15, 0.2) is 5.58 Å². The molecule has 1 fully saturated rings. The number of hydrogen-bond acceptors (Lipinski definition) is 5. The number of carbonyl (C=O) groups excluding carboxylic acids is 1. The van der Waals surface area contributed by atoms with Crippen molar-refractivity contribution in [3.05, 3.63) is 77.4 Å². The maximum atomic E-state index is 12.8. The third-order valence-electron chi connectivity index (χ3n) is 6.82. The molecule has 3 aromatic carbocycles. The number of aryl methyl sites for hydroxylation is 1. The van der Waals surface area contributed by atoms with Crippen LogP contribution in [-0.2, 0) is 6.18 Å². The molecule has 1 aliphatic rings. The summed E-state index contributed by atoms with van der Waals surface area (Å²) in [7, 11) is 0. The van der Waals surface area contributed by atoms with Crippen LogP contribution in [0.2, 0.25) is 0 Å². The van der Waals surface area contributed by atoms with Crippen molar-refractivity contribution < 1.29 is 22.4 Å². The lowest BCUT2D eigenvalue weighted by molar-refractivity contribution is -0.137. The van der Waals surface area contributed by atoms with E-state index in [9.17, 15) is 18.0 Å². The van der Waals surface area contributed by atoms with E-state index in [0.29, 0.717) is 40.7 Å². The molecule has 9 heteroatoms. The fourth-order valence-electron chi connectivity index (χ4n) is 4.71. The molecule has 0 atom stereocenters. The van der Waals surface area contributed by atoms with E-state index in [0.717, 1.165) is 54.9 Å². The van der Waals surface area contributed by atoms with Gasteiger partial charge in [-0.25, -0.2) is 4.98 Å². The zero-order valence-corrected chi connectivity index (χ0v) is 20.3. The number of nitrogens with one attached hydrogen (secondary N) is 1. The minimum atomic E-state index is -4.33. The first kappa shape index (κ1) is 24.7. The number of rotatable bonds is 5. The first-order chi connectivity index (χ1) is 17.7. The Hall–Kier alpha value is -4.01. The minimum Gasteiger partial charge on any atom is -0.436 e. The van der Waals surface area contributed by atoms with E-state index < -0.39 is 11.7 Å². The lowest BCUT2D eigenvalue weighted by atomic mass is 9.96. The molecule has 0 radical (unpaired) electrons. The number of nitrogens with zero attached hydrogens (tertiary/aromatic N) is 2. The molecule has 2 heterocycles. The Labute approximate surface area is 212 Å². The smallest absolute Gasteiger partial charge is 0.416 e. The van der Waals surface area contributed by atoms with Crippen LogP contribution in [0.3, 0.4) is 0 Å². The number of benzene rings is 3. The molecule has 1 amide bonds. The first-order valence-electron chi connectivity index (χ1n) is 12.1. The van der Waals surface area contributed by atoms with Crippen LogP contribution in [0.5, 0.6) is 0 Å². The molecule has 0 bridgehead atoms. The number of carbonyl (C=O) groups is 1. The highest BCUT2D eigenvalue weighted by molar-refractivity contribution is 5.94. The van der Waals surface area contributed by atoms with Gasteiger partial charge in [0.2, 0.25) is 5.89 Å². The van der Waals surface area contributed by atoms with Crippen molar-refractivity contribution in [3.63, 3.8) is 0 Å². The Balaban J connectivity index is 1.14. The van der Waals surface area contributed by atoms with Gasteiger partial charge in [0.25, 0.3) is 5.91 Å². The number of piperidine rings is 1. The predicted octanol–water partition coefficient (Wildman–Crippen LogP) is 6.05. The van der Waals surface area contributed by atoms with Crippen LogP contribution in [0.25, 0.3) is 22.6 Å². The van der Waals surface area contributed by atoms with E-state index in [4.69, 9.17) is 10.2 Å². The van der Waals surface area contributed by atoms with Gasteiger partial charge < -0.3 is 20.4 Å². The molecular formula is C28H27F3N4O2. The van der Waals surface area contributed by atoms with E-state index in [1.165, 1.54) is 12.1 Å². The van der Waals surface area contributed by atoms with Gasteiger partial charge in [-0.2, -0.15) is 13.2 Å². The molecule has 6 nitrogen and oxygen atoms in total. The van der Waals surface area contributed by atoms with Crippen LogP contribution in [0.1, 0.15) is 34.3 Å². The summed E-state index contributed by atoms with van der Waals surface area (Å²) in [6, 6.07) is 16.0. The Morgan fingerprint density at radius 2 is 1.76 bits per heavy atom. The highest BCUT2D eigenvalue weighted by Gasteiger charge is 2.30. The fraction of sp³-hybridized carbons (Fsp3) is 0.286. The van der Waals surface area contributed by atoms with Gasteiger partial charge in [-0.15, -0.1) is 0 Å². The highest BCUT2D eigenvalue weighted by Crippen LogP contribution is 2.32. The van der Waals surface area contributed by atoms with Crippen LogP contribution in [0, 0.1) is 12.8 Å². The number of aromatic nitrogens is 1. The van der Waals surface area contributed by atoms with E-state index in [-0.39, 0.29) is 5.91 Å². The molecule has 1 saturated heterocycles. The third kappa shape index (κ3) is 5.40. The number of halogens is 3. The molecule has 37 heavy (non-hydrogen) atoms. The first-order valence-corrected chi connectivity index (χ1v) is 12.1. The van der Waals surface area contributed by atoms with Gasteiger partial charge in [-0.05, 0) is 91.9 Å². The van der Waals surface area contributed by atoms with Gasteiger partial charge in [-0.1, -0.05) is 0 Å². The van der Waals surface area contributed by atoms with Crippen LogP contribution in [-0.4, -0.2) is 30.5 Å². The molecule has 5 rings (SSSR count). The molecule has 3 N–H and O–H groups in total. The quantitative estimate of drug-likeness (QED) is 0.321. The summed E-state index contributed by atoms with van der Waals surface area (Å²) in [6.07, 6.45) is -2.63. The average molecular weight is 509 g/mol. The van der Waals surface area contributed by atoms with Gasteiger partial charge in [0.1, 0.15) is 5.52 Å². The predicted molar refractivity (Wildman–Crippen MR) is 137 cm³/mol. The number of fused-ring (bicyclic) bond motifs is 1. The molecule has 1 aromatic heterocycles. The van der Waals surface area contributed by atoms with Gasteiger partial charge in [0, 0.05) is 42.1 Å². The summed E-state index contributed by atoms with van der Waals surface area (Å²) in [4.78, 5) is 19.3. The van der Waals surface area contributed by atoms with Crippen molar-refractivity contribution >= 4 is 28.4 Å². The lowest BCUT2D eigenvalue weighted by Crippen LogP contribution is -2.38. The van der Waals surface area contributed by atoms with E-state index >= 15 is 0 Å². The van der Waals surface area contributed by atoms with Gasteiger partial charge in [-0.3, -0.25) is 4.79 Å². The van der Waals surface area contributed by atoms with Crippen molar-refractivity contribution in [1.29, 1.82) is 0 Å². The second kappa shape index (κ2) is 9.80. The maximum absolute atomic E-state index is 12.8. The molecular weight excluding hydrogens is 481 g/mol. The number of anilines is 2. The van der Waals surface area contributed by atoms with Crippen molar-refractivity contribution in [2.45, 2.75) is 25.9 Å². The number of nitrogen functional groups attached to an aromatic ring is 1. The van der Waals surface area contributed by atoms with Crippen LogP contribution >= 0.6 is 0 Å². The maximum Gasteiger partial charge on any atom is 0.416 e. The zero-order chi connectivity index (χ0) is 26.2. The molecule has 192 valence electrons. The second-order valence-corrected chi connectivity index (χ2v) is 9.47. The van der Waals surface area contributed by atoms with Crippen molar-refractivity contribution in [1.82, 2.24) is 10.3 Å². The Kier molecular flexibility index (Phi) is 6.54. The Morgan fingerprint density at radius 3 is 2.41 bits per heavy atom. The van der Waals surface area contributed by atoms with E-state index in [1.807, 2.05) is 13.0 Å². The molecule has 0 spiro atoms. The zero-order valence-electron chi connectivity index (χ0n) is 20.3. The number of hydrogen-bond donors (Lipinski definition) is 2. The normalized spacial score (nSPS) is 14.8. The summed E-state index contributed by atoms with van der Waals surface area (Å²) < 4.78 is 44.3. The summed E-state index contributed by atoms with van der Waals surface area (Å²) in [5.74, 6) is 0.623. The molecule has 4 aromatic rings. The summed E-state index contributed by atoms with van der Waals surface area (Å²) >= 11 is 0. The molecule has 0 saturated carbocycles. The minimum absolute atomic E-state index is 0.155. The van der Waals surface area contributed by atoms with Gasteiger partial charge in [0.05, 0.1) is 5.56 Å². The number of amides is 1. The summed E-state index contributed by atoms with van der Waals surface area (Å²) in [5.41, 5.74) is 10.3. The highest BCUT2D eigenvalue weighted by atomic mass is 19.4. The standard InChI is InChI=1S/C28H27F3N4O2/c1-17-14-22(32)15-24-25(17)37-27(34-24)20-4-2-19(3-5-20)26(36)33-16-18-10-12-35(13-11-18)23-8-6-21(7-9-23)28(29,30)31/h2-9,14-15,18H,10-13,16,32H2,1H3,(H,33,36). The Morgan fingerprint density at radius 1 is 1.08 bits per heavy atom. The molecule has 0 aliphatic carbocycles. The van der Waals surface area contributed by atoms with Crippen LogP contribution in [0.4, 0.5) is 24.5 Å². The van der Waals surface area contributed by atoms with Gasteiger partial charge >= 0.3 is 6.18 Å². The average Bonchev–Trinajstić information content (AvgIpc) is 3.32. The van der Waals surface area contributed by atoms with Crippen molar-refractivity contribution in [2.24, 2.45) is 5.92 Å². The summed E-state index contributed by atoms with van der Waals surface area (Å²) in [5, 5.41) is 3.01. The Bertz CT molecular complexity index is 1400. The van der Waals surface area contributed by atoms with E-state index in [1.54, 1.807) is 30.3 Å². The topological polar surface area (TPSA) is 84.4 Å². The third-order valence-corrected chi connectivity index (χ3v) is 6.82. The SMILES string of the molecule is Cc1cc(N)cc2nc(-c3ccc(C(=O)NCC4CCN(c5ccc(C(F)(F)F)cc5)CC4)cc3)oc12. The molecule has 0 unspecified atom stereocenters. The summed E-state index contributed by atoms with van der Waals surface area (Å²) in [6.45, 7) is 3.93. The largest absolute Gasteiger partial charge is 0.436 e. The fourth-order valence-corrected chi connectivity index (χ4v) is 4.71. The van der Waals surface area contributed by atoms with Crippen LogP contribution in [0.15, 0.2) is 65.1 Å². The van der Waals surface area contributed by atoms with E-state index in [2.05, 4.69) is 15.2 Å².